The molecule has 0 bridgehead atoms. The van der Waals surface area contributed by atoms with Crippen LogP contribution in [0, 0.1) is 0 Å². The van der Waals surface area contributed by atoms with Crippen LogP contribution in [-0.2, 0) is 31.2 Å². The molecular formula is C18H22N2O7. The van der Waals surface area contributed by atoms with Crippen molar-refractivity contribution < 1.29 is 35.1 Å². The average Bonchev–Trinajstić information content (AvgIpc) is 3.03. The number of ether oxygens (including phenoxy) is 1. The lowest BCUT2D eigenvalue weighted by atomic mass is 9.90. The van der Waals surface area contributed by atoms with Crippen molar-refractivity contribution in [2.45, 2.75) is 26.4 Å². The zero-order valence-corrected chi connectivity index (χ0v) is 14.8. The second-order valence-electron chi connectivity index (χ2n) is 5.66. The van der Waals surface area contributed by atoms with E-state index >= 15 is 0 Å². The number of benzene rings is 1. The Labute approximate surface area is 155 Å². The maximum atomic E-state index is 11.6. The van der Waals surface area contributed by atoms with Crippen LogP contribution in [0.5, 0.6) is 0 Å². The Morgan fingerprint density at radius 1 is 1.11 bits per heavy atom. The van der Waals surface area contributed by atoms with Gasteiger partial charge in [0, 0.05) is 24.5 Å². The maximum absolute atomic E-state index is 11.6. The highest BCUT2D eigenvalue weighted by atomic mass is 16.5. The zero-order valence-electron chi connectivity index (χ0n) is 14.8. The van der Waals surface area contributed by atoms with Gasteiger partial charge in [-0.05, 0) is 22.3 Å². The SMILES string of the molecule is COCc1c(C(=O)O)[nH]c(/C=N/CO)c1-c1ccc(CO)c(CO)c1CO. The highest BCUT2D eigenvalue weighted by Gasteiger charge is 2.25. The summed E-state index contributed by atoms with van der Waals surface area (Å²) in [7, 11) is 1.42. The summed E-state index contributed by atoms with van der Waals surface area (Å²) in [5, 5.41) is 47.5. The molecule has 146 valence electrons. The molecule has 1 aromatic heterocycles. The molecule has 0 aliphatic carbocycles. The van der Waals surface area contributed by atoms with Crippen molar-refractivity contribution in [2.75, 3.05) is 13.8 Å². The smallest absolute Gasteiger partial charge is 0.352 e. The Kier molecular flexibility index (Phi) is 7.22. The summed E-state index contributed by atoms with van der Waals surface area (Å²) in [5.74, 6) is -1.20. The minimum atomic E-state index is -1.20. The normalized spacial score (nSPS) is 11.4. The number of rotatable bonds is 9. The molecular weight excluding hydrogens is 356 g/mol. The van der Waals surface area contributed by atoms with E-state index < -0.39 is 25.9 Å². The summed E-state index contributed by atoms with van der Waals surface area (Å²) < 4.78 is 5.14. The van der Waals surface area contributed by atoms with Crippen LogP contribution in [0.3, 0.4) is 0 Å². The fourth-order valence-corrected chi connectivity index (χ4v) is 3.07. The maximum Gasteiger partial charge on any atom is 0.352 e. The van der Waals surface area contributed by atoms with E-state index in [1.165, 1.54) is 13.3 Å². The minimum Gasteiger partial charge on any atom is -0.477 e. The Bertz CT molecular complexity index is 843. The lowest BCUT2D eigenvalue weighted by Gasteiger charge is -2.16. The van der Waals surface area contributed by atoms with Gasteiger partial charge in [0.25, 0.3) is 0 Å². The topological polar surface area (TPSA) is 156 Å². The van der Waals surface area contributed by atoms with Crippen molar-refractivity contribution >= 4 is 12.2 Å². The van der Waals surface area contributed by atoms with Gasteiger partial charge in [0.2, 0.25) is 0 Å². The molecule has 1 heterocycles. The first-order valence-corrected chi connectivity index (χ1v) is 8.08. The number of carbonyl (C=O) groups is 1. The molecule has 2 aromatic rings. The molecule has 2 rings (SSSR count). The molecule has 27 heavy (non-hydrogen) atoms. The number of nitrogens with zero attached hydrogens (tertiary/aromatic N) is 1. The van der Waals surface area contributed by atoms with Gasteiger partial charge < -0.3 is 35.3 Å². The third kappa shape index (κ3) is 4.07. The number of methoxy groups -OCH3 is 1. The standard InChI is InChI=1S/C18H22N2O7/c1-27-8-14-16(15(4-19-9-24)20-17(14)18(25)26)11-3-2-10(5-21)12(6-22)13(11)7-23/h2-4,20-24H,5-9H2,1H3,(H,25,26)/b19-4+. The molecule has 0 amide bonds. The lowest BCUT2D eigenvalue weighted by Crippen LogP contribution is -2.06. The second kappa shape index (κ2) is 9.40. The molecule has 0 saturated heterocycles. The van der Waals surface area contributed by atoms with E-state index in [2.05, 4.69) is 9.98 Å². The van der Waals surface area contributed by atoms with Crippen molar-refractivity contribution in [3.63, 3.8) is 0 Å². The summed E-state index contributed by atoms with van der Waals surface area (Å²) >= 11 is 0. The first-order valence-electron chi connectivity index (χ1n) is 8.08. The van der Waals surface area contributed by atoms with Crippen molar-refractivity contribution in [3.8, 4) is 11.1 Å². The van der Waals surface area contributed by atoms with Gasteiger partial charge in [-0.3, -0.25) is 4.99 Å². The number of hydrogen-bond donors (Lipinski definition) is 6. The molecule has 0 spiro atoms. The number of aliphatic hydroxyl groups excluding tert-OH is 4. The Morgan fingerprint density at radius 2 is 1.81 bits per heavy atom. The number of carboxylic acid groups (broad SMARTS) is 1. The van der Waals surface area contributed by atoms with Gasteiger partial charge in [-0.2, -0.15) is 0 Å². The van der Waals surface area contributed by atoms with Gasteiger partial charge in [-0.15, -0.1) is 0 Å². The molecule has 9 heteroatoms. The van der Waals surface area contributed by atoms with Crippen LogP contribution < -0.4 is 0 Å². The van der Waals surface area contributed by atoms with Gasteiger partial charge in [-0.25, -0.2) is 4.79 Å². The van der Waals surface area contributed by atoms with Crippen LogP contribution in [-0.4, -0.2) is 56.5 Å². The van der Waals surface area contributed by atoms with Crippen molar-refractivity contribution in [2.24, 2.45) is 4.99 Å². The van der Waals surface area contributed by atoms with E-state index in [1.54, 1.807) is 12.1 Å². The van der Waals surface area contributed by atoms with Gasteiger partial charge in [-0.1, -0.05) is 12.1 Å². The van der Waals surface area contributed by atoms with Crippen molar-refractivity contribution in [1.29, 1.82) is 0 Å². The molecule has 0 fully saturated rings. The van der Waals surface area contributed by atoms with E-state index in [1.807, 2.05) is 0 Å². The Balaban J connectivity index is 2.87. The fraction of sp³-hybridized carbons (Fsp3) is 0.333. The number of aromatic carboxylic acids is 1. The molecule has 0 unspecified atom stereocenters. The van der Waals surface area contributed by atoms with E-state index in [9.17, 15) is 25.2 Å². The van der Waals surface area contributed by atoms with Crippen LogP contribution in [0.25, 0.3) is 11.1 Å². The monoisotopic (exact) mass is 378 g/mol. The first kappa shape index (κ1) is 20.7. The lowest BCUT2D eigenvalue weighted by molar-refractivity contribution is 0.0686. The number of aliphatic imine (C=N–C) groups is 1. The molecule has 9 nitrogen and oxygen atoms in total. The average molecular weight is 378 g/mol. The highest BCUT2D eigenvalue weighted by molar-refractivity contribution is 5.98. The first-order chi connectivity index (χ1) is 13.0. The van der Waals surface area contributed by atoms with E-state index in [0.717, 1.165) is 0 Å². The van der Waals surface area contributed by atoms with E-state index in [0.29, 0.717) is 39.1 Å². The van der Waals surface area contributed by atoms with E-state index in [-0.39, 0.29) is 18.9 Å². The van der Waals surface area contributed by atoms with Crippen LogP contribution in [0.15, 0.2) is 17.1 Å². The van der Waals surface area contributed by atoms with Gasteiger partial charge in [0.1, 0.15) is 12.4 Å². The Morgan fingerprint density at radius 3 is 2.33 bits per heavy atom. The predicted octanol–water partition coefficient (Wildman–Crippen LogP) is 0.372. The summed E-state index contributed by atoms with van der Waals surface area (Å²) in [6.07, 6.45) is 1.29. The van der Waals surface area contributed by atoms with Gasteiger partial charge in [0.15, 0.2) is 0 Å². The summed E-state index contributed by atoms with van der Waals surface area (Å²) in [5.41, 5.74) is 2.61. The molecule has 6 N–H and O–H groups in total. The predicted molar refractivity (Wildman–Crippen MR) is 96.3 cm³/mol. The third-order valence-electron chi connectivity index (χ3n) is 4.22. The van der Waals surface area contributed by atoms with Crippen molar-refractivity contribution in [3.05, 3.63) is 45.8 Å². The molecule has 0 saturated carbocycles. The van der Waals surface area contributed by atoms with Gasteiger partial charge >= 0.3 is 5.97 Å². The quantitative estimate of drug-likeness (QED) is 0.344. The summed E-state index contributed by atoms with van der Waals surface area (Å²) in [4.78, 5) is 18.1. The van der Waals surface area contributed by atoms with Gasteiger partial charge in [0.05, 0.1) is 32.1 Å². The van der Waals surface area contributed by atoms with Crippen LogP contribution in [0.4, 0.5) is 0 Å². The number of nitrogens with one attached hydrogen (secondary N) is 1. The Hall–Kier alpha value is -2.56. The van der Waals surface area contributed by atoms with Crippen LogP contribution >= 0.6 is 0 Å². The third-order valence-corrected chi connectivity index (χ3v) is 4.22. The molecule has 1 aromatic carbocycles. The van der Waals surface area contributed by atoms with E-state index in [4.69, 9.17) is 9.84 Å². The molecule has 0 aliphatic rings. The minimum absolute atomic E-state index is 0.0263. The molecule has 0 atom stereocenters. The summed E-state index contributed by atoms with van der Waals surface area (Å²) in [6.45, 7) is -1.67. The van der Waals surface area contributed by atoms with Crippen LogP contribution in [0.1, 0.15) is 38.4 Å². The van der Waals surface area contributed by atoms with Crippen molar-refractivity contribution in [1.82, 2.24) is 4.98 Å². The van der Waals surface area contributed by atoms with Crippen LogP contribution in [0.2, 0.25) is 0 Å². The molecule has 0 radical (unpaired) electrons. The number of aliphatic hydroxyl groups is 4. The largest absolute Gasteiger partial charge is 0.477 e. The number of hydrogen-bond acceptors (Lipinski definition) is 7. The number of carboxylic acids is 1. The highest BCUT2D eigenvalue weighted by Crippen LogP contribution is 2.35. The number of H-pyrrole nitrogens is 1. The number of aromatic nitrogens is 1. The fourth-order valence-electron chi connectivity index (χ4n) is 3.07. The zero-order chi connectivity index (χ0) is 20.0. The second-order valence-corrected chi connectivity index (χ2v) is 5.66. The summed E-state index contributed by atoms with van der Waals surface area (Å²) in [6, 6.07) is 3.22. The molecule has 0 aliphatic heterocycles. The number of aromatic amines is 1.